The number of fused-ring (bicyclic) bond motifs is 1. The number of hydrogen-bond acceptors (Lipinski definition) is 5. The molecule has 0 radical (unpaired) electrons. The smallest absolute Gasteiger partial charge is 0.409 e. The Hall–Kier alpha value is -3.23. The number of halogens is 1. The van der Waals surface area contributed by atoms with Gasteiger partial charge in [0, 0.05) is 56.2 Å². The zero-order valence-electron chi connectivity index (χ0n) is 19.7. The number of benzene rings is 1. The topological polar surface area (TPSA) is 71.2 Å². The van der Waals surface area contributed by atoms with Gasteiger partial charge in [-0.05, 0) is 42.8 Å². The third-order valence-electron chi connectivity index (χ3n) is 6.66. The van der Waals surface area contributed by atoms with E-state index in [0.29, 0.717) is 45.1 Å². The zero-order chi connectivity index (χ0) is 24.4. The summed E-state index contributed by atoms with van der Waals surface area (Å²) in [5, 5.41) is 0.731. The number of hydrogen-bond donors (Lipinski definition) is 0. The van der Waals surface area contributed by atoms with Crippen LogP contribution in [0, 0.1) is 0 Å². The first-order valence-electron chi connectivity index (χ1n) is 12.0. The van der Waals surface area contributed by atoms with Crippen molar-refractivity contribution in [3.63, 3.8) is 0 Å². The van der Waals surface area contributed by atoms with E-state index in [2.05, 4.69) is 33.9 Å². The van der Waals surface area contributed by atoms with Gasteiger partial charge in [-0.2, -0.15) is 0 Å². The molecule has 3 aromatic rings. The van der Waals surface area contributed by atoms with E-state index in [4.69, 9.17) is 20.8 Å². The summed E-state index contributed by atoms with van der Waals surface area (Å²) in [4.78, 5) is 30.6. The molecular weight excluding hydrogens is 468 g/mol. The molecule has 0 bridgehead atoms. The van der Waals surface area contributed by atoms with Crippen LogP contribution in [0.1, 0.15) is 40.5 Å². The van der Waals surface area contributed by atoms with Crippen LogP contribution < -0.4 is 0 Å². The van der Waals surface area contributed by atoms with E-state index in [1.807, 2.05) is 24.3 Å². The van der Waals surface area contributed by atoms with Crippen molar-refractivity contribution < 1.29 is 18.7 Å². The summed E-state index contributed by atoms with van der Waals surface area (Å²) in [5.41, 5.74) is 2.24. The minimum atomic E-state index is -0.333. The van der Waals surface area contributed by atoms with E-state index >= 15 is 0 Å². The van der Waals surface area contributed by atoms with Gasteiger partial charge in [0.1, 0.15) is 5.76 Å². The van der Waals surface area contributed by atoms with E-state index in [1.54, 1.807) is 22.8 Å². The summed E-state index contributed by atoms with van der Waals surface area (Å²) in [7, 11) is 0. The molecule has 2 aromatic heterocycles. The van der Waals surface area contributed by atoms with Crippen LogP contribution in [0.3, 0.4) is 0 Å². The predicted molar refractivity (Wildman–Crippen MR) is 131 cm³/mol. The molecule has 0 saturated carbocycles. The molecule has 2 aliphatic rings. The second-order valence-corrected chi connectivity index (χ2v) is 9.17. The first-order valence-corrected chi connectivity index (χ1v) is 12.4. The predicted octanol–water partition coefficient (Wildman–Crippen LogP) is 4.25. The molecule has 1 fully saturated rings. The summed E-state index contributed by atoms with van der Waals surface area (Å²) in [6.45, 7) is 6.19. The summed E-state index contributed by atoms with van der Waals surface area (Å²) in [5.74, 6) is 0.893. The van der Waals surface area contributed by atoms with Gasteiger partial charge in [0.15, 0.2) is 5.76 Å². The lowest BCUT2D eigenvalue weighted by Gasteiger charge is -2.37. The molecule has 2 amide bonds. The fraction of sp³-hybridized carbons (Fsp3) is 0.385. The SMILES string of the molecule is CCOC(=O)N1CCN(C(=O)c2ccc(CN3CCn4cccc4C3c3ccccc3Cl)o2)CC1. The molecule has 8 nitrogen and oxygen atoms in total. The van der Waals surface area contributed by atoms with Gasteiger partial charge in [0.25, 0.3) is 5.91 Å². The van der Waals surface area contributed by atoms with Crippen molar-refractivity contribution >= 4 is 23.6 Å². The van der Waals surface area contributed by atoms with E-state index in [1.165, 1.54) is 5.69 Å². The Morgan fingerprint density at radius 2 is 1.74 bits per heavy atom. The first kappa shape index (κ1) is 23.5. The summed E-state index contributed by atoms with van der Waals surface area (Å²) < 4.78 is 13.3. The minimum Gasteiger partial charge on any atom is -0.455 e. The van der Waals surface area contributed by atoms with E-state index in [9.17, 15) is 9.59 Å². The number of nitrogens with zero attached hydrogens (tertiary/aromatic N) is 4. The van der Waals surface area contributed by atoms with Crippen LogP contribution in [0.2, 0.25) is 5.02 Å². The normalized spacial score (nSPS) is 18.4. The van der Waals surface area contributed by atoms with Crippen molar-refractivity contribution in [2.24, 2.45) is 0 Å². The quantitative estimate of drug-likeness (QED) is 0.528. The molecule has 1 unspecified atom stereocenters. The number of carbonyl (C=O) groups excluding carboxylic acids is 2. The van der Waals surface area contributed by atoms with Gasteiger partial charge in [0.2, 0.25) is 0 Å². The van der Waals surface area contributed by atoms with Gasteiger partial charge in [-0.1, -0.05) is 29.8 Å². The lowest BCUT2D eigenvalue weighted by molar-refractivity contribution is 0.0542. The molecule has 0 spiro atoms. The lowest BCUT2D eigenvalue weighted by Crippen LogP contribution is -2.50. The average Bonchev–Trinajstić information content (AvgIpc) is 3.54. The van der Waals surface area contributed by atoms with Crippen molar-refractivity contribution in [1.82, 2.24) is 19.3 Å². The van der Waals surface area contributed by atoms with Crippen LogP contribution in [0.5, 0.6) is 0 Å². The third-order valence-corrected chi connectivity index (χ3v) is 7.01. The average molecular weight is 497 g/mol. The van der Waals surface area contributed by atoms with Crippen LogP contribution in [0.15, 0.2) is 59.1 Å². The Kier molecular flexibility index (Phi) is 6.83. The Balaban J connectivity index is 1.28. The molecule has 2 aliphatic heterocycles. The Morgan fingerprint density at radius 1 is 0.971 bits per heavy atom. The molecular formula is C26H29ClN4O4. The highest BCUT2D eigenvalue weighted by atomic mass is 35.5. The highest BCUT2D eigenvalue weighted by molar-refractivity contribution is 6.31. The number of ether oxygens (including phenoxy) is 1. The first-order chi connectivity index (χ1) is 17.0. The number of aromatic nitrogens is 1. The summed E-state index contributed by atoms with van der Waals surface area (Å²) >= 11 is 6.60. The van der Waals surface area contributed by atoms with Crippen molar-refractivity contribution in [3.8, 4) is 0 Å². The van der Waals surface area contributed by atoms with E-state index in [0.717, 1.165) is 29.4 Å². The van der Waals surface area contributed by atoms with Gasteiger partial charge in [-0.3, -0.25) is 9.69 Å². The number of carbonyl (C=O) groups is 2. The van der Waals surface area contributed by atoms with Crippen LogP contribution in [0.25, 0.3) is 0 Å². The maximum absolute atomic E-state index is 13.0. The minimum absolute atomic E-state index is 0.00680. The second-order valence-electron chi connectivity index (χ2n) is 8.77. The molecule has 5 rings (SSSR count). The van der Waals surface area contributed by atoms with Crippen molar-refractivity contribution in [1.29, 1.82) is 0 Å². The fourth-order valence-electron chi connectivity index (χ4n) is 4.90. The van der Waals surface area contributed by atoms with E-state index in [-0.39, 0.29) is 18.0 Å². The van der Waals surface area contributed by atoms with Crippen LogP contribution in [-0.2, 0) is 17.8 Å². The Morgan fingerprint density at radius 3 is 2.51 bits per heavy atom. The van der Waals surface area contributed by atoms with Crippen LogP contribution in [0.4, 0.5) is 4.79 Å². The largest absolute Gasteiger partial charge is 0.455 e. The highest BCUT2D eigenvalue weighted by Crippen LogP contribution is 2.37. The molecule has 184 valence electrons. The lowest BCUT2D eigenvalue weighted by atomic mass is 9.99. The van der Waals surface area contributed by atoms with Gasteiger partial charge >= 0.3 is 6.09 Å². The second kappa shape index (κ2) is 10.2. The molecule has 1 saturated heterocycles. The number of amides is 2. The van der Waals surface area contributed by atoms with Crippen molar-refractivity contribution in [2.45, 2.75) is 26.1 Å². The van der Waals surface area contributed by atoms with Gasteiger partial charge in [-0.25, -0.2) is 4.79 Å². The van der Waals surface area contributed by atoms with Crippen LogP contribution in [-0.4, -0.2) is 70.6 Å². The molecule has 1 atom stereocenters. The molecule has 9 heteroatoms. The zero-order valence-corrected chi connectivity index (χ0v) is 20.5. The maximum atomic E-state index is 13.0. The summed E-state index contributed by atoms with van der Waals surface area (Å²) in [6.07, 6.45) is 1.77. The summed E-state index contributed by atoms with van der Waals surface area (Å²) in [6, 6.07) is 15.7. The highest BCUT2D eigenvalue weighted by Gasteiger charge is 2.31. The third kappa shape index (κ3) is 4.81. The molecule has 1 aromatic carbocycles. The molecule has 0 N–H and O–H groups in total. The van der Waals surface area contributed by atoms with Gasteiger partial charge in [0.05, 0.1) is 19.2 Å². The number of furan rings is 1. The Labute approximate surface area is 209 Å². The van der Waals surface area contributed by atoms with Gasteiger partial charge in [-0.15, -0.1) is 0 Å². The molecule has 4 heterocycles. The fourth-order valence-corrected chi connectivity index (χ4v) is 5.13. The monoisotopic (exact) mass is 496 g/mol. The van der Waals surface area contributed by atoms with Crippen molar-refractivity contribution in [2.75, 3.05) is 39.3 Å². The molecule has 35 heavy (non-hydrogen) atoms. The van der Waals surface area contributed by atoms with Gasteiger partial charge < -0.3 is 23.5 Å². The maximum Gasteiger partial charge on any atom is 0.409 e. The Bertz CT molecular complexity index is 1200. The van der Waals surface area contributed by atoms with Crippen molar-refractivity contribution in [3.05, 3.63) is 82.5 Å². The molecule has 0 aliphatic carbocycles. The number of piperazine rings is 1. The van der Waals surface area contributed by atoms with Crippen LogP contribution >= 0.6 is 11.6 Å². The van der Waals surface area contributed by atoms with E-state index < -0.39 is 0 Å². The standard InChI is InChI=1S/C26H29ClN4O4/c1-2-34-26(33)30-15-13-29(14-16-30)25(32)23-10-9-19(35-23)18-31-17-12-28-11-5-8-22(28)24(31)20-6-3-4-7-21(20)27/h3-11,24H,2,12-18H2,1H3. The number of rotatable bonds is 5.